The molecule has 0 unspecified atom stereocenters. The Morgan fingerprint density at radius 2 is 1.69 bits per heavy atom. The number of thioether (sulfide) groups is 1. The summed E-state index contributed by atoms with van der Waals surface area (Å²) in [7, 11) is 0. The lowest BCUT2D eigenvalue weighted by Gasteiger charge is -2.13. The van der Waals surface area contributed by atoms with E-state index in [1.54, 1.807) is 27.2 Å². The second-order valence-corrected chi connectivity index (χ2v) is 9.81. The van der Waals surface area contributed by atoms with E-state index in [1.165, 1.54) is 11.8 Å². The van der Waals surface area contributed by atoms with Gasteiger partial charge in [-0.15, -0.1) is 10.2 Å². The summed E-state index contributed by atoms with van der Waals surface area (Å²) in [5.41, 5.74) is 1.66. The topological polar surface area (TPSA) is 110 Å². The first-order valence-electron chi connectivity index (χ1n) is 11.4. The van der Waals surface area contributed by atoms with Crippen LogP contribution in [0.25, 0.3) is 16.7 Å². The molecule has 2 amide bonds. The number of hydrogen-bond acceptors (Lipinski definition) is 6. The summed E-state index contributed by atoms with van der Waals surface area (Å²) in [6, 6.07) is 14.6. The van der Waals surface area contributed by atoms with Gasteiger partial charge in [0.1, 0.15) is 0 Å². The van der Waals surface area contributed by atoms with Crippen LogP contribution in [0.15, 0.2) is 58.5 Å². The number of benzene rings is 2. The molecule has 2 N–H and O–H groups in total. The summed E-state index contributed by atoms with van der Waals surface area (Å²) >= 11 is 1.23. The van der Waals surface area contributed by atoms with E-state index >= 15 is 0 Å². The van der Waals surface area contributed by atoms with Gasteiger partial charge in [-0.1, -0.05) is 42.1 Å². The van der Waals surface area contributed by atoms with Crippen LogP contribution in [0.5, 0.6) is 0 Å². The lowest BCUT2D eigenvalue weighted by molar-refractivity contribution is -0.119. The molecule has 4 aromatic rings. The summed E-state index contributed by atoms with van der Waals surface area (Å²) in [6.07, 6.45) is 0. The molecule has 0 spiro atoms. The molecule has 0 saturated heterocycles. The third kappa shape index (κ3) is 5.37. The van der Waals surface area contributed by atoms with Crippen LogP contribution in [-0.4, -0.2) is 48.8 Å². The van der Waals surface area contributed by atoms with E-state index < -0.39 is 0 Å². The number of nitrogens with one attached hydrogen (secondary N) is 2. The smallest absolute Gasteiger partial charge is 0.263 e. The summed E-state index contributed by atoms with van der Waals surface area (Å²) < 4.78 is 3.32. The van der Waals surface area contributed by atoms with E-state index in [4.69, 9.17) is 0 Å². The second kappa shape index (κ2) is 10.3. The Bertz CT molecular complexity index is 1440. The molecule has 10 heteroatoms. The number of rotatable bonds is 8. The Kier molecular flexibility index (Phi) is 7.20. The van der Waals surface area contributed by atoms with Crippen molar-refractivity contribution in [2.45, 2.75) is 51.5 Å². The quantitative estimate of drug-likeness (QED) is 0.366. The van der Waals surface area contributed by atoms with Crippen molar-refractivity contribution < 1.29 is 9.59 Å². The number of nitrogens with zero attached hydrogens (tertiary/aromatic N) is 4. The third-order valence-corrected chi connectivity index (χ3v) is 6.15. The number of fused-ring (bicyclic) bond motifs is 3. The van der Waals surface area contributed by atoms with E-state index in [-0.39, 0.29) is 35.2 Å². The summed E-state index contributed by atoms with van der Waals surface area (Å²) in [6.45, 7) is 7.88. The number of aromatic nitrogens is 4. The Balaban J connectivity index is 1.87. The van der Waals surface area contributed by atoms with Crippen molar-refractivity contribution in [3.05, 3.63) is 70.0 Å². The average Bonchev–Trinajstić information content (AvgIpc) is 3.24. The minimum atomic E-state index is -0.234. The largest absolute Gasteiger partial charge is 0.353 e. The highest BCUT2D eigenvalue weighted by molar-refractivity contribution is 7.99. The number of carbonyl (C=O) groups excluding carboxylic acids is 2. The molecule has 0 atom stereocenters. The normalized spacial score (nSPS) is 11.5. The molecule has 0 aliphatic heterocycles. The van der Waals surface area contributed by atoms with Crippen LogP contribution in [-0.2, 0) is 11.3 Å². The van der Waals surface area contributed by atoms with Crippen LogP contribution in [0.1, 0.15) is 43.6 Å². The maximum atomic E-state index is 13.5. The summed E-state index contributed by atoms with van der Waals surface area (Å²) in [5.74, 6) is 0.133. The molecule has 2 aromatic carbocycles. The Labute approximate surface area is 206 Å². The van der Waals surface area contributed by atoms with Gasteiger partial charge >= 0.3 is 0 Å². The van der Waals surface area contributed by atoms with Crippen molar-refractivity contribution in [1.82, 2.24) is 29.8 Å². The average molecular weight is 493 g/mol. The van der Waals surface area contributed by atoms with Gasteiger partial charge in [-0.25, -0.2) is 0 Å². The van der Waals surface area contributed by atoms with Crippen molar-refractivity contribution >= 4 is 40.3 Å². The maximum absolute atomic E-state index is 13.5. The van der Waals surface area contributed by atoms with Crippen LogP contribution in [0.2, 0.25) is 0 Å². The summed E-state index contributed by atoms with van der Waals surface area (Å²) in [5, 5.41) is 15.2. The van der Waals surface area contributed by atoms with Crippen LogP contribution in [0, 0.1) is 0 Å². The van der Waals surface area contributed by atoms with Crippen LogP contribution >= 0.6 is 11.8 Å². The zero-order chi connectivity index (χ0) is 25.1. The molecular weight excluding hydrogens is 464 g/mol. The van der Waals surface area contributed by atoms with E-state index in [1.807, 2.05) is 58.0 Å². The van der Waals surface area contributed by atoms with Crippen molar-refractivity contribution in [3.8, 4) is 0 Å². The van der Waals surface area contributed by atoms with E-state index in [9.17, 15) is 14.4 Å². The highest BCUT2D eigenvalue weighted by Gasteiger charge is 2.20. The van der Waals surface area contributed by atoms with E-state index in [0.29, 0.717) is 33.9 Å². The predicted octanol–water partition coefficient (Wildman–Crippen LogP) is 2.85. The van der Waals surface area contributed by atoms with Gasteiger partial charge in [-0.2, -0.15) is 0 Å². The van der Waals surface area contributed by atoms with Gasteiger partial charge in [0, 0.05) is 17.6 Å². The van der Waals surface area contributed by atoms with E-state index in [2.05, 4.69) is 20.8 Å². The van der Waals surface area contributed by atoms with Crippen molar-refractivity contribution in [3.63, 3.8) is 0 Å². The molecule has 0 radical (unpaired) electrons. The number of amides is 2. The molecule has 182 valence electrons. The van der Waals surface area contributed by atoms with Gasteiger partial charge in [0.2, 0.25) is 11.7 Å². The van der Waals surface area contributed by atoms with Crippen molar-refractivity contribution in [2.75, 3.05) is 5.75 Å². The first kappa shape index (κ1) is 24.5. The third-order valence-electron chi connectivity index (χ3n) is 5.22. The lowest BCUT2D eigenvalue weighted by atomic mass is 10.1. The van der Waals surface area contributed by atoms with Crippen LogP contribution in [0.4, 0.5) is 0 Å². The van der Waals surface area contributed by atoms with Gasteiger partial charge in [-0.3, -0.25) is 23.4 Å². The van der Waals surface area contributed by atoms with Gasteiger partial charge in [0.15, 0.2) is 5.16 Å². The first-order chi connectivity index (χ1) is 16.7. The second-order valence-electron chi connectivity index (χ2n) is 8.87. The number of hydrogen-bond donors (Lipinski definition) is 2. The molecule has 2 aromatic heterocycles. The molecule has 4 rings (SSSR count). The summed E-state index contributed by atoms with van der Waals surface area (Å²) in [4.78, 5) is 38.4. The molecule has 0 aliphatic carbocycles. The van der Waals surface area contributed by atoms with Gasteiger partial charge in [-0.05, 0) is 51.5 Å². The zero-order valence-electron chi connectivity index (χ0n) is 20.1. The Hall–Kier alpha value is -3.66. The molecule has 0 aliphatic rings. The number of carbonyl (C=O) groups is 2. The Morgan fingerprint density at radius 1 is 0.971 bits per heavy atom. The molecular formula is C25H28N6O3S. The highest BCUT2D eigenvalue weighted by Crippen LogP contribution is 2.23. The van der Waals surface area contributed by atoms with Crippen molar-refractivity contribution in [1.29, 1.82) is 0 Å². The van der Waals surface area contributed by atoms with Crippen molar-refractivity contribution in [2.24, 2.45) is 0 Å². The fraction of sp³-hybridized carbons (Fsp3) is 0.320. The zero-order valence-corrected chi connectivity index (χ0v) is 20.9. The van der Waals surface area contributed by atoms with Gasteiger partial charge in [0.05, 0.1) is 23.2 Å². The van der Waals surface area contributed by atoms with E-state index in [0.717, 1.165) is 5.56 Å². The van der Waals surface area contributed by atoms with Gasteiger partial charge < -0.3 is 10.6 Å². The lowest BCUT2D eigenvalue weighted by Crippen LogP contribution is -2.31. The first-order valence-corrected chi connectivity index (χ1v) is 12.4. The monoisotopic (exact) mass is 492 g/mol. The fourth-order valence-corrected chi connectivity index (χ4v) is 4.52. The molecule has 0 saturated carbocycles. The maximum Gasteiger partial charge on any atom is 0.263 e. The molecule has 9 nitrogen and oxygen atoms in total. The SMILES string of the molecule is CC(C)NC(=O)CSc1nnc2n(Cc3ccccc3)c(=O)c3ccc(C(=O)NC(C)C)cc3n12. The minimum absolute atomic E-state index is 0.0251. The molecule has 2 heterocycles. The fourth-order valence-electron chi connectivity index (χ4n) is 3.76. The van der Waals surface area contributed by atoms with Gasteiger partial charge in [0.25, 0.3) is 11.5 Å². The highest BCUT2D eigenvalue weighted by atomic mass is 32.2. The molecule has 35 heavy (non-hydrogen) atoms. The molecule has 0 bridgehead atoms. The Morgan fingerprint density at radius 3 is 2.37 bits per heavy atom. The standard InChI is InChI=1S/C25H28N6O3S/c1-15(2)26-21(32)14-35-25-29-28-24-30(13-17-8-6-5-7-9-17)23(34)19-11-10-18(12-20(19)31(24)25)22(33)27-16(3)4/h5-12,15-16H,13-14H2,1-4H3,(H,26,32)(H,27,33). The van der Waals surface area contributed by atoms with Crippen LogP contribution < -0.4 is 16.2 Å². The predicted molar refractivity (Wildman–Crippen MR) is 137 cm³/mol. The molecule has 0 fully saturated rings. The minimum Gasteiger partial charge on any atom is -0.353 e. The van der Waals surface area contributed by atoms with Crippen LogP contribution in [0.3, 0.4) is 0 Å².